The molecule has 0 aliphatic carbocycles. The second kappa shape index (κ2) is 6.67. The van der Waals surface area contributed by atoms with Gasteiger partial charge in [-0.05, 0) is 36.2 Å². The minimum Gasteiger partial charge on any atom is -0.384 e. The SMILES string of the molecule is NC(=O)c1c(F)cc(Br)cc1NCCc1ccc(F)cc1. The average Bonchev–Trinajstić information content (AvgIpc) is 2.39. The predicted octanol–water partition coefficient (Wildman–Crippen LogP) is 3.48. The van der Waals surface area contributed by atoms with Gasteiger partial charge in [0.2, 0.25) is 0 Å². The fourth-order valence-electron chi connectivity index (χ4n) is 1.96. The maximum absolute atomic E-state index is 13.7. The molecule has 0 spiro atoms. The lowest BCUT2D eigenvalue weighted by molar-refractivity contribution is 0.0997. The van der Waals surface area contributed by atoms with E-state index in [-0.39, 0.29) is 11.4 Å². The zero-order valence-electron chi connectivity index (χ0n) is 11.0. The largest absolute Gasteiger partial charge is 0.384 e. The summed E-state index contributed by atoms with van der Waals surface area (Å²) in [5.41, 5.74) is 6.28. The molecule has 0 heterocycles. The first kappa shape index (κ1) is 15.4. The van der Waals surface area contributed by atoms with Gasteiger partial charge in [0.25, 0.3) is 5.91 Å². The van der Waals surface area contributed by atoms with Crippen LogP contribution in [0.15, 0.2) is 40.9 Å². The molecule has 2 rings (SSSR count). The van der Waals surface area contributed by atoms with Gasteiger partial charge in [-0.1, -0.05) is 28.1 Å². The van der Waals surface area contributed by atoms with Gasteiger partial charge in [-0.2, -0.15) is 0 Å². The topological polar surface area (TPSA) is 55.1 Å². The summed E-state index contributed by atoms with van der Waals surface area (Å²) in [6, 6.07) is 8.88. The fraction of sp³-hybridized carbons (Fsp3) is 0.133. The summed E-state index contributed by atoms with van der Waals surface area (Å²) in [4.78, 5) is 11.3. The number of hydrogen-bond donors (Lipinski definition) is 2. The van der Waals surface area contributed by atoms with E-state index in [4.69, 9.17) is 5.73 Å². The van der Waals surface area contributed by atoms with Crippen LogP contribution in [0, 0.1) is 11.6 Å². The maximum Gasteiger partial charge on any atom is 0.253 e. The van der Waals surface area contributed by atoms with E-state index in [9.17, 15) is 13.6 Å². The Bertz CT molecular complexity index is 659. The van der Waals surface area contributed by atoms with Crippen LogP contribution >= 0.6 is 15.9 Å². The van der Waals surface area contributed by atoms with Crippen molar-refractivity contribution in [3.8, 4) is 0 Å². The van der Waals surface area contributed by atoms with Crippen LogP contribution in [0.25, 0.3) is 0 Å². The predicted molar refractivity (Wildman–Crippen MR) is 81.2 cm³/mol. The number of hydrogen-bond acceptors (Lipinski definition) is 2. The molecule has 110 valence electrons. The number of halogens is 3. The molecule has 0 aliphatic rings. The van der Waals surface area contributed by atoms with Crippen molar-refractivity contribution >= 4 is 27.5 Å². The first-order valence-corrected chi connectivity index (χ1v) is 7.04. The molecular weight excluding hydrogens is 342 g/mol. The zero-order chi connectivity index (χ0) is 15.4. The van der Waals surface area contributed by atoms with Gasteiger partial charge in [-0.15, -0.1) is 0 Å². The lowest BCUT2D eigenvalue weighted by atomic mass is 10.1. The Balaban J connectivity index is 2.09. The molecule has 0 bridgehead atoms. The first-order chi connectivity index (χ1) is 9.97. The summed E-state index contributed by atoms with van der Waals surface area (Å²) < 4.78 is 27.0. The molecule has 3 nitrogen and oxygen atoms in total. The van der Waals surface area contributed by atoms with Crippen molar-refractivity contribution < 1.29 is 13.6 Å². The molecule has 6 heteroatoms. The fourth-order valence-corrected chi connectivity index (χ4v) is 2.39. The number of carbonyl (C=O) groups excluding carboxylic acids is 1. The summed E-state index contributed by atoms with van der Waals surface area (Å²) >= 11 is 3.17. The number of nitrogens with two attached hydrogens (primary N) is 1. The van der Waals surface area contributed by atoms with Gasteiger partial charge in [-0.3, -0.25) is 4.79 Å². The lowest BCUT2D eigenvalue weighted by Crippen LogP contribution is -2.17. The first-order valence-electron chi connectivity index (χ1n) is 6.24. The van der Waals surface area contributed by atoms with Crippen molar-refractivity contribution in [2.75, 3.05) is 11.9 Å². The van der Waals surface area contributed by atoms with Crippen LogP contribution < -0.4 is 11.1 Å². The van der Waals surface area contributed by atoms with E-state index < -0.39 is 11.7 Å². The quantitative estimate of drug-likeness (QED) is 0.863. The van der Waals surface area contributed by atoms with Crippen LogP contribution in [0.1, 0.15) is 15.9 Å². The Labute approximate surface area is 129 Å². The smallest absolute Gasteiger partial charge is 0.253 e. The molecule has 2 aromatic carbocycles. The number of carbonyl (C=O) groups is 1. The van der Waals surface area contributed by atoms with Gasteiger partial charge >= 0.3 is 0 Å². The summed E-state index contributed by atoms with van der Waals surface area (Å²) in [6.45, 7) is 0.460. The summed E-state index contributed by atoms with van der Waals surface area (Å²) in [7, 11) is 0. The molecule has 21 heavy (non-hydrogen) atoms. The third-order valence-electron chi connectivity index (χ3n) is 2.94. The van der Waals surface area contributed by atoms with Crippen LogP contribution in [0.4, 0.5) is 14.5 Å². The molecule has 1 amide bonds. The maximum atomic E-state index is 13.7. The van der Waals surface area contributed by atoms with E-state index in [2.05, 4.69) is 21.2 Å². The number of amides is 1. The molecule has 0 fully saturated rings. The molecule has 0 aromatic heterocycles. The van der Waals surface area contributed by atoms with Crippen molar-refractivity contribution in [2.24, 2.45) is 5.73 Å². The van der Waals surface area contributed by atoms with Gasteiger partial charge in [0.1, 0.15) is 11.6 Å². The molecule has 2 aromatic rings. The molecule has 3 N–H and O–H groups in total. The van der Waals surface area contributed by atoms with E-state index in [0.717, 1.165) is 5.56 Å². The monoisotopic (exact) mass is 354 g/mol. The normalized spacial score (nSPS) is 10.4. The standard InChI is InChI=1S/C15H13BrF2N2O/c16-10-7-12(18)14(15(19)21)13(8-10)20-6-5-9-1-3-11(17)4-2-9/h1-4,7-8,20H,5-6H2,(H2,19,21). The van der Waals surface area contributed by atoms with Crippen molar-refractivity contribution in [3.63, 3.8) is 0 Å². The van der Waals surface area contributed by atoms with Gasteiger partial charge in [0.05, 0.1) is 11.3 Å². The number of nitrogens with one attached hydrogen (secondary N) is 1. The Morgan fingerprint density at radius 2 is 1.86 bits per heavy atom. The van der Waals surface area contributed by atoms with Crippen molar-refractivity contribution in [3.05, 3.63) is 63.6 Å². The lowest BCUT2D eigenvalue weighted by Gasteiger charge is -2.11. The number of benzene rings is 2. The van der Waals surface area contributed by atoms with E-state index in [0.29, 0.717) is 23.1 Å². The van der Waals surface area contributed by atoms with Crippen LogP contribution in [-0.2, 0) is 6.42 Å². The van der Waals surface area contributed by atoms with Gasteiger partial charge in [-0.25, -0.2) is 8.78 Å². The second-order valence-corrected chi connectivity index (χ2v) is 5.39. The van der Waals surface area contributed by atoms with Crippen molar-refractivity contribution in [1.82, 2.24) is 0 Å². The Hall–Kier alpha value is -1.95. The highest BCUT2D eigenvalue weighted by molar-refractivity contribution is 9.10. The third-order valence-corrected chi connectivity index (χ3v) is 3.40. The van der Waals surface area contributed by atoms with Gasteiger partial charge in [0, 0.05) is 11.0 Å². The zero-order valence-corrected chi connectivity index (χ0v) is 12.6. The highest BCUT2D eigenvalue weighted by atomic mass is 79.9. The van der Waals surface area contributed by atoms with E-state index in [1.54, 1.807) is 18.2 Å². The van der Waals surface area contributed by atoms with E-state index >= 15 is 0 Å². The molecule has 0 atom stereocenters. The molecule has 0 radical (unpaired) electrons. The Morgan fingerprint density at radius 1 is 1.19 bits per heavy atom. The van der Waals surface area contributed by atoms with Crippen LogP contribution in [0.2, 0.25) is 0 Å². The van der Waals surface area contributed by atoms with E-state index in [1.165, 1.54) is 18.2 Å². The molecule has 0 saturated carbocycles. The van der Waals surface area contributed by atoms with Crippen LogP contribution in [-0.4, -0.2) is 12.5 Å². The minimum atomic E-state index is -0.829. The average molecular weight is 355 g/mol. The van der Waals surface area contributed by atoms with E-state index in [1.807, 2.05) is 0 Å². The highest BCUT2D eigenvalue weighted by Gasteiger charge is 2.15. The minimum absolute atomic E-state index is 0.169. The summed E-state index contributed by atoms with van der Waals surface area (Å²) in [5.74, 6) is -1.80. The number of anilines is 1. The summed E-state index contributed by atoms with van der Waals surface area (Å²) in [6.07, 6.45) is 0.604. The van der Waals surface area contributed by atoms with Crippen LogP contribution in [0.5, 0.6) is 0 Å². The second-order valence-electron chi connectivity index (χ2n) is 4.48. The van der Waals surface area contributed by atoms with Crippen molar-refractivity contribution in [1.29, 1.82) is 0 Å². The number of primary amides is 1. The summed E-state index contributed by atoms with van der Waals surface area (Å²) in [5, 5.41) is 2.97. The van der Waals surface area contributed by atoms with Gasteiger partial charge < -0.3 is 11.1 Å². The van der Waals surface area contributed by atoms with Crippen molar-refractivity contribution in [2.45, 2.75) is 6.42 Å². The van der Waals surface area contributed by atoms with Gasteiger partial charge in [0.15, 0.2) is 0 Å². The number of rotatable bonds is 5. The molecule has 0 unspecified atom stereocenters. The molecule has 0 saturated heterocycles. The Kier molecular flexibility index (Phi) is 4.90. The van der Waals surface area contributed by atoms with Crippen LogP contribution in [0.3, 0.4) is 0 Å². The Morgan fingerprint density at radius 3 is 2.48 bits per heavy atom. The third kappa shape index (κ3) is 4.01. The molecule has 0 aliphatic heterocycles. The highest BCUT2D eigenvalue weighted by Crippen LogP contribution is 2.24. The molecular formula is C15H13BrF2N2O.